The minimum absolute atomic E-state index is 0.407. The summed E-state index contributed by atoms with van der Waals surface area (Å²) < 4.78 is 294. The number of hydrogen-bond acceptors (Lipinski definition) is 0. The second-order valence-electron chi connectivity index (χ2n) is 14.6. The van der Waals surface area contributed by atoms with E-state index in [0.29, 0.717) is 0 Å². The predicted octanol–water partition coefficient (Wildman–Crippen LogP) is 10.3. The summed E-state index contributed by atoms with van der Waals surface area (Å²) in [5.41, 5.74) is -14.3. The van der Waals surface area contributed by atoms with Gasteiger partial charge in [-0.25, -0.2) is 87.8 Å². The molecule has 0 unspecified atom stereocenters. The van der Waals surface area contributed by atoms with E-state index in [9.17, 15) is 52.7 Å². The second kappa shape index (κ2) is 18.1. The zero-order valence-corrected chi connectivity index (χ0v) is 31.7. The Labute approximate surface area is 321 Å². The van der Waals surface area contributed by atoms with Crippen LogP contribution in [0.15, 0.2) is 0 Å². The SMILES string of the molecule is CC(C)[CH2][Al]([CH2]C(C)C)[CH2]C(C)C.Fc1c(F)c(F)c([B-](c2c(F)c(F)c(F)c(F)c2F)(c2c(F)c(F)c(F)c(F)c2F)c2c(F)c(F)c(F)c(F)c2F)c(F)c1F. The third kappa shape index (κ3) is 8.28. The molecule has 0 spiro atoms. The van der Waals surface area contributed by atoms with Crippen molar-refractivity contribution in [1.82, 2.24) is 0 Å². The van der Waals surface area contributed by atoms with E-state index in [2.05, 4.69) is 41.5 Å². The Kier molecular flexibility index (Phi) is 15.2. The number of hydrogen-bond donors (Lipinski definition) is 0. The van der Waals surface area contributed by atoms with Crippen molar-refractivity contribution in [3.8, 4) is 0 Å². The van der Waals surface area contributed by atoms with Gasteiger partial charge in [-0.3, -0.25) is 0 Å². The largest absolute Gasteiger partial charge is 0.262 e. The lowest BCUT2D eigenvalue weighted by molar-refractivity contribution is 0.378. The maximum atomic E-state index is 15.4. The highest BCUT2D eigenvalue weighted by atomic mass is 27.2. The van der Waals surface area contributed by atoms with E-state index in [-0.39, 0.29) is 0 Å². The summed E-state index contributed by atoms with van der Waals surface area (Å²) >= 11 is -0.407. The molecule has 58 heavy (non-hydrogen) atoms. The molecule has 4 aromatic rings. The molecule has 4 aromatic carbocycles. The van der Waals surface area contributed by atoms with Gasteiger partial charge in [0.25, 0.3) is 14.1 Å². The summed E-state index contributed by atoms with van der Waals surface area (Å²) in [7, 11) is 0. The van der Waals surface area contributed by atoms with Crippen LogP contribution in [0.2, 0.25) is 15.8 Å². The molecule has 0 aromatic heterocycles. The van der Waals surface area contributed by atoms with E-state index in [4.69, 9.17) is 0 Å². The molecule has 0 nitrogen and oxygen atoms in total. The van der Waals surface area contributed by atoms with Crippen LogP contribution in [0.4, 0.5) is 87.8 Å². The first-order chi connectivity index (χ1) is 26.6. The van der Waals surface area contributed by atoms with E-state index in [0.717, 1.165) is 17.8 Å². The third-order valence-corrected chi connectivity index (χ3v) is 13.9. The fourth-order valence-corrected chi connectivity index (χ4v) is 11.7. The maximum absolute atomic E-state index is 15.4. The molecule has 0 saturated carbocycles. The summed E-state index contributed by atoms with van der Waals surface area (Å²) in [4.78, 5) is 0. The van der Waals surface area contributed by atoms with Crippen LogP contribution in [-0.2, 0) is 0 Å². The quantitative estimate of drug-likeness (QED) is 0.0645. The van der Waals surface area contributed by atoms with Gasteiger partial charge in [-0.1, -0.05) is 75.1 Å². The van der Waals surface area contributed by atoms with Crippen molar-refractivity contribution in [2.75, 3.05) is 0 Å². The van der Waals surface area contributed by atoms with Crippen molar-refractivity contribution in [1.29, 1.82) is 0 Å². The zero-order chi connectivity index (χ0) is 44.8. The van der Waals surface area contributed by atoms with Crippen LogP contribution in [0.1, 0.15) is 41.5 Å². The van der Waals surface area contributed by atoms with Gasteiger partial charge >= 0.3 is 0 Å². The van der Waals surface area contributed by atoms with E-state index in [1.165, 1.54) is 0 Å². The van der Waals surface area contributed by atoms with Gasteiger partial charge in [-0.05, 0) is 0 Å². The van der Waals surface area contributed by atoms with E-state index in [1.54, 1.807) is 15.8 Å². The van der Waals surface area contributed by atoms with Crippen LogP contribution >= 0.6 is 0 Å². The molecule has 22 heteroatoms. The van der Waals surface area contributed by atoms with E-state index >= 15 is 35.1 Å². The molecule has 0 aliphatic heterocycles. The standard InChI is InChI=1S/C24BF20.3C4H9.Al/c26-5-1(6(27)14(35)21(42)13(5)34)25(2-7(28)15(36)22(43)16(37)8(2)29,3-9(30)17(38)23(44)18(39)10(3)31)4-11(32)19(40)24(45)20(41)12(4)33;3*1-4(2)3;/h;3*4H,1H2,2-3H3;/q-1;;;;. The fourth-order valence-electron chi connectivity index (χ4n) is 7.16. The normalized spacial score (nSPS) is 11.9. The van der Waals surface area contributed by atoms with Gasteiger partial charge in [0.2, 0.25) is 0 Å². The van der Waals surface area contributed by atoms with Gasteiger partial charge in [0.15, 0.2) is 69.8 Å². The highest BCUT2D eigenvalue weighted by molar-refractivity contribution is 7.20. The molecule has 0 N–H and O–H groups in total. The van der Waals surface area contributed by atoms with Crippen LogP contribution in [0.25, 0.3) is 0 Å². The minimum atomic E-state index is -7.22. The van der Waals surface area contributed by atoms with Gasteiger partial charge in [-0.2, -0.15) is 0 Å². The molecule has 0 amide bonds. The van der Waals surface area contributed by atoms with E-state index < -0.39 is 158 Å². The Morgan fingerprint density at radius 1 is 0.259 bits per heavy atom. The molecule has 0 radical (unpaired) electrons. The number of halogens is 20. The predicted molar refractivity (Wildman–Crippen MR) is 174 cm³/mol. The van der Waals surface area contributed by atoms with Gasteiger partial charge < -0.3 is 0 Å². The highest BCUT2D eigenvalue weighted by Crippen LogP contribution is 2.31. The summed E-state index contributed by atoms with van der Waals surface area (Å²) in [5.74, 6) is -68.6. The molecule has 0 aliphatic carbocycles. The first-order valence-corrected chi connectivity index (χ1v) is 19.3. The molecule has 0 atom stereocenters. The molecule has 0 heterocycles. The van der Waals surface area contributed by atoms with Crippen molar-refractivity contribution in [3.05, 3.63) is 116 Å². The van der Waals surface area contributed by atoms with Gasteiger partial charge in [-0.15, -0.1) is 21.9 Å². The van der Waals surface area contributed by atoms with Crippen LogP contribution in [-0.4, -0.2) is 20.3 Å². The topological polar surface area (TPSA) is 0 Å². The van der Waals surface area contributed by atoms with Crippen molar-refractivity contribution in [2.24, 2.45) is 17.8 Å². The Morgan fingerprint density at radius 3 is 0.500 bits per heavy atom. The zero-order valence-electron chi connectivity index (χ0n) is 30.6. The molecule has 0 fully saturated rings. The molecule has 4 rings (SSSR count). The average molecular weight is 877 g/mol. The molecule has 0 saturated heterocycles. The molecular weight excluding hydrogens is 850 g/mol. The average Bonchev–Trinajstić information content (AvgIpc) is 3.14. The maximum Gasteiger partial charge on any atom is 0.262 e. The summed E-state index contributed by atoms with van der Waals surface area (Å²) in [6.07, 6.45) is -7.22. The van der Waals surface area contributed by atoms with Crippen molar-refractivity contribution >= 4 is 42.1 Å². The summed E-state index contributed by atoms with van der Waals surface area (Å²) in [6, 6.07) is 0. The van der Waals surface area contributed by atoms with Crippen LogP contribution in [0, 0.1) is 134 Å². The summed E-state index contributed by atoms with van der Waals surface area (Å²) in [6.45, 7) is 14.3. The number of benzene rings is 4. The monoisotopic (exact) mass is 877 g/mol. The Hall–Kier alpha value is -3.92. The Bertz CT molecular complexity index is 1820. The Morgan fingerprint density at radius 2 is 0.379 bits per heavy atom. The lowest BCUT2D eigenvalue weighted by atomic mass is 9.12. The summed E-state index contributed by atoms with van der Waals surface area (Å²) in [5, 5.41) is 4.66. The first-order valence-electron chi connectivity index (χ1n) is 16.8. The van der Waals surface area contributed by atoms with Crippen molar-refractivity contribution < 1.29 is 87.8 Å². The highest BCUT2D eigenvalue weighted by Gasteiger charge is 2.52. The van der Waals surface area contributed by atoms with Crippen LogP contribution in [0.5, 0.6) is 0 Å². The minimum Gasteiger partial charge on any atom is -0.207 e. The van der Waals surface area contributed by atoms with Crippen molar-refractivity contribution in [2.45, 2.75) is 57.4 Å². The smallest absolute Gasteiger partial charge is 0.207 e. The van der Waals surface area contributed by atoms with Crippen LogP contribution in [0.3, 0.4) is 0 Å². The molecule has 318 valence electrons. The van der Waals surface area contributed by atoms with E-state index in [1.807, 2.05) is 0 Å². The second-order valence-corrected chi connectivity index (χ2v) is 17.7. The fraction of sp³-hybridized carbons (Fsp3) is 0.333. The third-order valence-electron chi connectivity index (χ3n) is 9.12. The van der Waals surface area contributed by atoms with Crippen LogP contribution < -0.4 is 21.9 Å². The molecular formula is C36H27AlBF20-. The lowest BCUT2D eigenvalue weighted by Gasteiger charge is -2.44. The molecule has 0 bridgehead atoms. The first kappa shape index (κ1) is 48.4. The number of rotatable bonds is 10. The molecule has 0 aliphatic rings. The van der Waals surface area contributed by atoms with Crippen molar-refractivity contribution in [3.63, 3.8) is 0 Å². The van der Waals surface area contributed by atoms with Gasteiger partial charge in [0.05, 0.1) is 0 Å². The van der Waals surface area contributed by atoms with Gasteiger partial charge in [0, 0.05) is 0 Å². The Balaban J connectivity index is 0.000000594. The van der Waals surface area contributed by atoms with Gasteiger partial charge in [0.1, 0.15) is 52.7 Å². The lowest BCUT2D eigenvalue weighted by Crippen LogP contribution is -2.81.